The molecule has 2 aliphatic carbocycles. The molecule has 2 rings (SSSR count). The normalized spacial score (nSPS) is 18.8. The van der Waals surface area contributed by atoms with E-state index in [-0.39, 0.29) is 11.6 Å². The Morgan fingerprint density at radius 1 is 0.733 bits per heavy atom. The molecule has 1 atom stereocenters. The lowest BCUT2D eigenvalue weighted by molar-refractivity contribution is -0.180. The quantitative estimate of drug-likeness (QED) is 0.339. The van der Waals surface area contributed by atoms with E-state index in [0.717, 1.165) is 38.5 Å². The van der Waals surface area contributed by atoms with Crippen LogP contribution in [0, 0.1) is 5.92 Å². The third-order valence-electron chi connectivity index (χ3n) is 4.79. The zero-order chi connectivity index (χ0) is 22.9. The topological polar surface area (TPSA) is 114 Å². The average Bonchev–Trinajstić information content (AvgIpc) is 2.77. The van der Waals surface area contributed by atoms with Gasteiger partial charge in [0.1, 0.15) is 11.6 Å². The summed E-state index contributed by atoms with van der Waals surface area (Å²) in [6.07, 6.45) is 6.44. The van der Waals surface area contributed by atoms with Crippen molar-refractivity contribution < 1.29 is 42.9 Å². The lowest BCUT2D eigenvalue weighted by Gasteiger charge is -2.22. The highest BCUT2D eigenvalue weighted by molar-refractivity contribution is 6.04. The van der Waals surface area contributed by atoms with Crippen molar-refractivity contribution in [1.82, 2.24) is 0 Å². The average molecular weight is 433 g/mol. The maximum absolute atomic E-state index is 11.7. The molecule has 9 heteroatoms. The first-order chi connectivity index (χ1) is 14.4. The van der Waals surface area contributed by atoms with Gasteiger partial charge in [-0.15, -0.1) is 0 Å². The molecule has 1 unspecified atom stereocenters. The Balaban J connectivity index is 0.000000452. The minimum Gasteiger partial charge on any atom is -0.465 e. The van der Waals surface area contributed by atoms with Gasteiger partial charge in [0.25, 0.3) is 6.29 Å². The Hall–Kier alpha value is -1.68. The van der Waals surface area contributed by atoms with Crippen LogP contribution in [0.1, 0.15) is 57.8 Å². The van der Waals surface area contributed by atoms with Crippen molar-refractivity contribution in [3.05, 3.63) is 0 Å². The van der Waals surface area contributed by atoms with E-state index in [2.05, 4.69) is 14.2 Å². The monoisotopic (exact) mass is 432 g/mol. The van der Waals surface area contributed by atoms with Gasteiger partial charge >= 0.3 is 5.97 Å². The lowest BCUT2D eigenvalue weighted by atomic mass is 9.85. The molecule has 0 radical (unpaired) electrons. The predicted molar refractivity (Wildman–Crippen MR) is 108 cm³/mol. The third-order valence-corrected chi connectivity index (χ3v) is 4.79. The van der Waals surface area contributed by atoms with E-state index >= 15 is 0 Å². The minimum atomic E-state index is -0.894. The summed E-state index contributed by atoms with van der Waals surface area (Å²) in [5.74, 6) is -0.778. The van der Waals surface area contributed by atoms with Crippen LogP contribution in [0.4, 0.5) is 0 Å². The van der Waals surface area contributed by atoms with Crippen LogP contribution in [0.5, 0.6) is 0 Å². The van der Waals surface area contributed by atoms with E-state index < -0.39 is 24.5 Å². The molecule has 0 amide bonds. The van der Waals surface area contributed by atoms with E-state index in [1.165, 1.54) is 42.0 Å². The number of esters is 1. The molecule has 0 heterocycles. The molecule has 0 aliphatic heterocycles. The fraction of sp³-hybridized carbons (Fsp3) is 0.810. The molecule has 0 aromatic heterocycles. The number of Topliss-reactive ketones (excluding diaryl/α,β-unsaturated/α-hetero) is 3. The Morgan fingerprint density at radius 2 is 1.23 bits per heavy atom. The number of hydrogen-bond acceptors (Lipinski definition) is 9. The van der Waals surface area contributed by atoms with Gasteiger partial charge in [0.2, 0.25) is 6.29 Å². The first-order valence-corrected chi connectivity index (χ1v) is 10.1. The second-order valence-corrected chi connectivity index (χ2v) is 6.90. The smallest absolute Gasteiger partial charge is 0.363 e. The highest BCUT2D eigenvalue weighted by Crippen LogP contribution is 2.23. The van der Waals surface area contributed by atoms with Crippen molar-refractivity contribution in [3.8, 4) is 0 Å². The Kier molecular flexibility index (Phi) is 16.1. The van der Waals surface area contributed by atoms with Crippen molar-refractivity contribution in [1.29, 1.82) is 0 Å². The summed E-state index contributed by atoms with van der Waals surface area (Å²) >= 11 is 0. The van der Waals surface area contributed by atoms with Crippen LogP contribution in [0.2, 0.25) is 0 Å². The van der Waals surface area contributed by atoms with Crippen molar-refractivity contribution in [2.75, 3.05) is 35.5 Å². The lowest BCUT2D eigenvalue weighted by Crippen LogP contribution is -2.37. The molecule has 0 bridgehead atoms. The number of ketones is 3. The van der Waals surface area contributed by atoms with Gasteiger partial charge in [0, 0.05) is 47.7 Å². The predicted octanol–water partition coefficient (Wildman–Crippen LogP) is 2.23. The van der Waals surface area contributed by atoms with Gasteiger partial charge in [-0.05, 0) is 25.7 Å². The first kappa shape index (κ1) is 28.3. The second-order valence-electron chi connectivity index (χ2n) is 6.90. The zero-order valence-corrected chi connectivity index (χ0v) is 18.8. The highest BCUT2D eigenvalue weighted by atomic mass is 16.7. The van der Waals surface area contributed by atoms with Crippen LogP contribution < -0.4 is 0 Å². The van der Waals surface area contributed by atoms with Crippen molar-refractivity contribution >= 4 is 23.3 Å². The number of rotatable bonds is 7. The molecule has 2 aliphatic rings. The molecule has 9 nitrogen and oxygen atoms in total. The van der Waals surface area contributed by atoms with E-state index in [0.29, 0.717) is 18.6 Å². The van der Waals surface area contributed by atoms with E-state index in [1.54, 1.807) is 0 Å². The number of hydrogen-bond donors (Lipinski definition) is 0. The number of carbonyl (C=O) groups is 4. The molecule has 2 fully saturated rings. The van der Waals surface area contributed by atoms with Crippen LogP contribution in [0.15, 0.2) is 0 Å². The maximum Gasteiger partial charge on any atom is 0.363 e. The summed E-state index contributed by atoms with van der Waals surface area (Å²) in [7, 11) is 6.81. The van der Waals surface area contributed by atoms with Crippen LogP contribution in [-0.2, 0) is 42.9 Å². The SMILES string of the molecule is COC(=O)C(OC)OC.COC(OC)C(=O)C1CCCCC1=O.O=C1CCCCC1. The molecular weight excluding hydrogens is 396 g/mol. The molecule has 174 valence electrons. The molecule has 0 aromatic carbocycles. The Bertz CT molecular complexity index is 517. The first-order valence-electron chi connectivity index (χ1n) is 10.1. The highest BCUT2D eigenvalue weighted by Gasteiger charge is 2.33. The van der Waals surface area contributed by atoms with Gasteiger partial charge in [-0.2, -0.15) is 0 Å². The van der Waals surface area contributed by atoms with Crippen LogP contribution >= 0.6 is 0 Å². The summed E-state index contributed by atoms with van der Waals surface area (Å²) in [5.41, 5.74) is 0. The summed E-state index contributed by atoms with van der Waals surface area (Å²) < 4.78 is 23.1. The number of ether oxygens (including phenoxy) is 5. The van der Waals surface area contributed by atoms with E-state index in [4.69, 9.17) is 9.47 Å². The van der Waals surface area contributed by atoms with Gasteiger partial charge in [0.15, 0.2) is 5.78 Å². The van der Waals surface area contributed by atoms with Crippen LogP contribution in [-0.4, -0.2) is 71.4 Å². The maximum atomic E-state index is 11.7. The molecule has 0 saturated heterocycles. The minimum absolute atomic E-state index is 0.0281. The fourth-order valence-electron chi connectivity index (χ4n) is 3.11. The van der Waals surface area contributed by atoms with Crippen LogP contribution in [0.3, 0.4) is 0 Å². The molecule has 30 heavy (non-hydrogen) atoms. The summed E-state index contributed by atoms with van der Waals surface area (Å²) in [6.45, 7) is 0. The van der Waals surface area contributed by atoms with E-state index in [1.807, 2.05) is 0 Å². The summed E-state index contributed by atoms with van der Waals surface area (Å²) in [4.78, 5) is 44.1. The van der Waals surface area contributed by atoms with Gasteiger partial charge in [-0.1, -0.05) is 12.8 Å². The molecule has 0 aromatic rings. The third kappa shape index (κ3) is 10.9. The molecule has 0 N–H and O–H groups in total. The van der Waals surface area contributed by atoms with Gasteiger partial charge in [0.05, 0.1) is 13.0 Å². The molecule has 0 spiro atoms. The Labute approximate surface area is 178 Å². The fourth-order valence-corrected chi connectivity index (χ4v) is 3.11. The molecular formula is C21H36O9. The largest absolute Gasteiger partial charge is 0.465 e. The van der Waals surface area contributed by atoms with Crippen LogP contribution in [0.25, 0.3) is 0 Å². The van der Waals surface area contributed by atoms with E-state index in [9.17, 15) is 19.2 Å². The summed E-state index contributed by atoms with van der Waals surface area (Å²) in [5, 5.41) is 0. The van der Waals surface area contributed by atoms with Gasteiger partial charge in [-0.25, -0.2) is 4.79 Å². The molecule has 2 saturated carbocycles. The van der Waals surface area contributed by atoms with Gasteiger partial charge < -0.3 is 23.7 Å². The number of methoxy groups -OCH3 is 5. The van der Waals surface area contributed by atoms with Gasteiger partial charge in [-0.3, -0.25) is 14.4 Å². The summed E-state index contributed by atoms with van der Waals surface area (Å²) in [6, 6.07) is 0. The Morgan fingerprint density at radius 3 is 1.57 bits per heavy atom. The zero-order valence-electron chi connectivity index (χ0n) is 18.8. The standard InChI is InChI=1S/C10H16O4.C6H10O.C5H10O4/c1-13-10(14-2)9(12)7-5-3-4-6-8(7)11;7-6-4-2-1-3-5-6;1-7-4(6)5(8-2)9-3/h7,10H,3-6H2,1-2H3;1-5H2;5H,1-3H3. The van der Waals surface area contributed by atoms with Crippen molar-refractivity contribution in [2.45, 2.75) is 70.4 Å². The number of carbonyl (C=O) groups excluding carboxylic acids is 4. The van der Waals surface area contributed by atoms with Crippen molar-refractivity contribution in [2.24, 2.45) is 5.92 Å². The second kappa shape index (κ2) is 17.0. The van der Waals surface area contributed by atoms with Crippen molar-refractivity contribution in [3.63, 3.8) is 0 Å².